The van der Waals surface area contributed by atoms with E-state index in [1.807, 2.05) is 0 Å². The van der Waals surface area contributed by atoms with E-state index in [1.165, 1.54) is 147 Å². The summed E-state index contributed by atoms with van der Waals surface area (Å²) in [7, 11) is 0. The summed E-state index contributed by atoms with van der Waals surface area (Å²) < 4.78 is 0. The molecule has 5 saturated carbocycles. The van der Waals surface area contributed by atoms with Crippen LogP contribution in [0.5, 0.6) is 0 Å². The van der Waals surface area contributed by atoms with Gasteiger partial charge in [-0.25, -0.2) is 0 Å². The highest BCUT2D eigenvalue weighted by Gasteiger charge is 2.48. The van der Waals surface area contributed by atoms with Crippen molar-refractivity contribution in [1.29, 1.82) is 0 Å². The second-order valence-corrected chi connectivity index (χ2v) is 18.1. The highest BCUT2D eigenvalue weighted by molar-refractivity contribution is 5.76. The maximum atomic E-state index is 13.5. The van der Waals surface area contributed by atoms with Gasteiger partial charge in [0.1, 0.15) is 5.69 Å². The minimum atomic E-state index is -0.461. The molecule has 1 aromatic carbocycles. The molecule has 5 fully saturated rings. The fourth-order valence-electron chi connectivity index (χ4n) is 12.3. The molecule has 5 aliphatic rings. The number of rotatable bonds is 12. The summed E-state index contributed by atoms with van der Waals surface area (Å²) in [4.78, 5) is 27.3. The van der Waals surface area contributed by atoms with Crippen molar-refractivity contribution in [3.8, 4) is 0 Å². The number of unbranched alkanes of at least 4 members (excludes halogenated alkanes) is 2. The number of hydrogen-bond donors (Lipinski definition) is 2. The number of anilines is 1. The van der Waals surface area contributed by atoms with Crippen molar-refractivity contribution in [3.63, 3.8) is 0 Å². The van der Waals surface area contributed by atoms with Crippen LogP contribution in [0.3, 0.4) is 0 Å². The quantitative estimate of drug-likeness (QED) is 0.0553. The lowest BCUT2D eigenvalue weighted by Crippen LogP contribution is -2.47. The highest BCUT2D eigenvalue weighted by Crippen LogP contribution is 2.56. The topological polar surface area (TPSA) is 133 Å². The first-order chi connectivity index (χ1) is 26.0. The number of nitrogens with zero attached hydrogens (tertiary/aromatic N) is 4. The van der Waals surface area contributed by atoms with E-state index in [9.17, 15) is 14.9 Å². The SMILES string of the molecule is [N-]=[N+]=Nc1ccc(NCCCCCC(=O)NC2CCC3C4CCCCC(C5CCCC5)CCCCC4C3CCCCC(C3CCCC3)C2)c([N+](=O)[O-])c1. The standard InChI is InChI=1S/C44H70N6O3/c45-49-48-37-26-28-42(43(31-37)50(52)53)46-29-13-1-2-24-44(51)47-36-25-27-41-39-22-11-8-17-33(32-14-3-4-15-32)16-7-10-21-38(39)40(41)23-12-9-20-35(30-36)34-18-5-6-19-34/h26,28,31-36,38-41,46H,1-25,27,29-30H2,(H,47,51). The third-order valence-corrected chi connectivity index (χ3v) is 15.0. The van der Waals surface area contributed by atoms with Crippen LogP contribution in [0.15, 0.2) is 23.3 Å². The second kappa shape index (κ2) is 20.8. The number of nitro groups is 1. The predicted molar refractivity (Wildman–Crippen MR) is 215 cm³/mol. The van der Waals surface area contributed by atoms with E-state index in [2.05, 4.69) is 20.7 Å². The Hall–Kier alpha value is -2.80. The van der Waals surface area contributed by atoms with E-state index in [4.69, 9.17) is 5.53 Å². The van der Waals surface area contributed by atoms with Crippen molar-refractivity contribution in [1.82, 2.24) is 5.32 Å². The molecule has 0 spiro atoms. The second-order valence-electron chi connectivity index (χ2n) is 18.1. The van der Waals surface area contributed by atoms with Crippen molar-refractivity contribution in [2.24, 2.45) is 52.5 Å². The molecule has 0 radical (unpaired) electrons. The Bertz CT molecular complexity index is 1340. The fraction of sp³-hybridized carbons (Fsp3) is 0.841. The summed E-state index contributed by atoms with van der Waals surface area (Å²) in [5.74, 6) is 7.52. The Morgan fingerprint density at radius 2 is 1.21 bits per heavy atom. The third-order valence-electron chi connectivity index (χ3n) is 15.0. The lowest BCUT2D eigenvalue weighted by molar-refractivity contribution is -0.383. The van der Waals surface area contributed by atoms with Crippen molar-refractivity contribution in [3.05, 3.63) is 38.8 Å². The lowest BCUT2D eigenvalue weighted by Gasteiger charge is -2.54. The molecule has 7 atom stereocenters. The summed E-state index contributed by atoms with van der Waals surface area (Å²) in [6.45, 7) is 0.584. The van der Waals surface area contributed by atoms with Crippen molar-refractivity contribution in [2.45, 2.75) is 179 Å². The molecule has 0 aliphatic heterocycles. The molecule has 1 amide bonds. The largest absolute Gasteiger partial charge is 0.379 e. The number of azide groups is 1. The Labute approximate surface area is 319 Å². The maximum Gasteiger partial charge on any atom is 0.292 e. The van der Waals surface area contributed by atoms with Crippen molar-refractivity contribution in [2.75, 3.05) is 11.9 Å². The minimum absolute atomic E-state index is 0.0982. The van der Waals surface area contributed by atoms with Crippen LogP contribution in [0.2, 0.25) is 0 Å². The Morgan fingerprint density at radius 3 is 1.75 bits per heavy atom. The molecule has 5 aliphatic carbocycles. The molecule has 294 valence electrons. The van der Waals surface area contributed by atoms with Crippen LogP contribution in [0, 0.1) is 57.5 Å². The van der Waals surface area contributed by atoms with Crippen LogP contribution < -0.4 is 10.6 Å². The molecule has 6 rings (SSSR count). The normalized spacial score (nSPS) is 30.7. The van der Waals surface area contributed by atoms with Gasteiger partial charge in [0.15, 0.2) is 0 Å². The first kappa shape index (κ1) is 39.9. The van der Waals surface area contributed by atoms with Crippen molar-refractivity contribution >= 4 is 23.0 Å². The molecule has 9 nitrogen and oxygen atoms in total. The lowest BCUT2D eigenvalue weighted by atomic mass is 9.51. The zero-order chi connectivity index (χ0) is 36.8. The molecule has 0 aromatic heterocycles. The molecule has 7 unspecified atom stereocenters. The molecule has 1 aromatic rings. The number of fused-ring (bicyclic) bond motifs is 4. The molecule has 2 N–H and O–H groups in total. The number of hydrogen-bond acceptors (Lipinski definition) is 5. The maximum absolute atomic E-state index is 13.5. The van der Waals surface area contributed by atoms with Gasteiger partial charge in [0.2, 0.25) is 5.91 Å². The molecule has 9 heteroatoms. The van der Waals surface area contributed by atoms with Crippen LogP contribution >= 0.6 is 0 Å². The summed E-state index contributed by atoms with van der Waals surface area (Å²) in [5, 5.41) is 21.8. The van der Waals surface area contributed by atoms with Crippen LogP contribution in [-0.4, -0.2) is 23.4 Å². The van der Waals surface area contributed by atoms with Crippen LogP contribution in [0.4, 0.5) is 17.1 Å². The average molecular weight is 731 g/mol. The minimum Gasteiger partial charge on any atom is -0.379 e. The molecule has 0 bridgehead atoms. The van der Waals surface area contributed by atoms with E-state index in [0.29, 0.717) is 24.7 Å². The molecule has 0 heterocycles. The zero-order valence-electron chi connectivity index (χ0n) is 32.7. The van der Waals surface area contributed by atoms with E-state index in [1.54, 1.807) is 12.1 Å². The third kappa shape index (κ3) is 11.4. The number of carbonyl (C=O) groups is 1. The molecule has 0 saturated heterocycles. The predicted octanol–water partition coefficient (Wildman–Crippen LogP) is 13.0. The summed E-state index contributed by atoms with van der Waals surface area (Å²) in [6, 6.07) is 4.76. The van der Waals surface area contributed by atoms with Crippen LogP contribution in [0.25, 0.3) is 10.4 Å². The van der Waals surface area contributed by atoms with Crippen LogP contribution in [0.1, 0.15) is 173 Å². The fourth-order valence-corrected chi connectivity index (χ4v) is 12.3. The first-order valence-corrected chi connectivity index (χ1v) is 22.4. The Morgan fingerprint density at radius 1 is 0.698 bits per heavy atom. The first-order valence-electron chi connectivity index (χ1n) is 22.4. The van der Waals surface area contributed by atoms with Gasteiger partial charge in [-0.15, -0.1) is 0 Å². The number of amides is 1. The number of nitrogens with one attached hydrogen (secondary N) is 2. The van der Waals surface area contributed by atoms with E-state index >= 15 is 0 Å². The van der Waals surface area contributed by atoms with Gasteiger partial charge in [0.05, 0.1) is 4.92 Å². The highest BCUT2D eigenvalue weighted by atomic mass is 16.6. The average Bonchev–Trinajstić information content (AvgIpc) is 3.88. The van der Waals surface area contributed by atoms with Gasteiger partial charge in [-0.05, 0) is 110 Å². The van der Waals surface area contributed by atoms with Gasteiger partial charge in [0, 0.05) is 35.7 Å². The van der Waals surface area contributed by atoms with Gasteiger partial charge < -0.3 is 10.6 Å². The number of carbonyl (C=O) groups excluding carboxylic acids is 1. The van der Waals surface area contributed by atoms with Gasteiger partial charge in [-0.3, -0.25) is 14.9 Å². The van der Waals surface area contributed by atoms with E-state index in [0.717, 1.165) is 73.0 Å². The van der Waals surface area contributed by atoms with Gasteiger partial charge in [-0.1, -0.05) is 127 Å². The van der Waals surface area contributed by atoms with Crippen molar-refractivity contribution < 1.29 is 9.72 Å². The van der Waals surface area contributed by atoms with Gasteiger partial charge in [0.25, 0.3) is 5.69 Å². The van der Waals surface area contributed by atoms with E-state index in [-0.39, 0.29) is 17.3 Å². The monoisotopic (exact) mass is 731 g/mol. The molecular formula is C44H70N6O3. The molecule has 53 heavy (non-hydrogen) atoms. The summed E-state index contributed by atoms with van der Waals surface area (Å²) in [6.07, 6.45) is 35.5. The number of nitro benzene ring substituents is 1. The molecular weight excluding hydrogens is 661 g/mol. The smallest absolute Gasteiger partial charge is 0.292 e. The summed E-state index contributed by atoms with van der Waals surface area (Å²) >= 11 is 0. The van der Waals surface area contributed by atoms with Crippen LogP contribution in [-0.2, 0) is 4.79 Å². The Kier molecular flexibility index (Phi) is 15.6. The summed E-state index contributed by atoms with van der Waals surface area (Å²) in [5.41, 5.74) is 9.20. The van der Waals surface area contributed by atoms with Gasteiger partial charge in [-0.2, -0.15) is 0 Å². The van der Waals surface area contributed by atoms with Gasteiger partial charge >= 0.3 is 0 Å². The Balaban J connectivity index is 1.00. The zero-order valence-corrected chi connectivity index (χ0v) is 32.7. The number of benzene rings is 1. The van der Waals surface area contributed by atoms with E-state index < -0.39 is 4.92 Å².